The Morgan fingerprint density at radius 3 is 2.76 bits per heavy atom. The number of hydrogen-bond acceptors (Lipinski definition) is 3. The number of nitrogens with zero attached hydrogens (tertiary/aromatic N) is 2. The Morgan fingerprint density at radius 2 is 1.95 bits per heavy atom. The van der Waals surface area contributed by atoms with Gasteiger partial charge in [-0.25, -0.2) is 0 Å². The van der Waals surface area contributed by atoms with E-state index >= 15 is 0 Å². The monoisotopic (exact) mass is 287 g/mol. The van der Waals surface area contributed by atoms with E-state index < -0.39 is 0 Å². The summed E-state index contributed by atoms with van der Waals surface area (Å²) >= 11 is 0. The topological polar surface area (TPSA) is 27.6 Å². The van der Waals surface area contributed by atoms with Gasteiger partial charge in [0, 0.05) is 23.7 Å². The van der Waals surface area contributed by atoms with Crippen molar-refractivity contribution in [2.45, 2.75) is 75.7 Å². The summed E-state index contributed by atoms with van der Waals surface area (Å²) in [5.41, 5.74) is 0.270. The van der Waals surface area contributed by atoms with Gasteiger partial charge in [-0.15, -0.1) is 0 Å². The van der Waals surface area contributed by atoms with Crippen LogP contribution in [-0.2, 0) is 0 Å². The average Bonchev–Trinajstić information content (AvgIpc) is 2.81. The number of likely N-dealkylation sites (N-methyl/N-ethyl adjacent to an activating group) is 1. The molecule has 3 nitrogen and oxygen atoms in total. The molecule has 1 saturated heterocycles. The maximum atomic E-state index is 4.83. The second-order valence-electron chi connectivity index (χ2n) is 7.62. The van der Waals surface area contributed by atoms with E-state index in [9.17, 15) is 0 Å². The number of allylic oxidation sites excluding steroid dienone is 1. The van der Waals surface area contributed by atoms with E-state index in [0.717, 1.165) is 5.92 Å². The van der Waals surface area contributed by atoms with E-state index in [2.05, 4.69) is 36.3 Å². The summed E-state index contributed by atoms with van der Waals surface area (Å²) in [5, 5.41) is 4.09. The zero-order chi connectivity index (χ0) is 14.4. The van der Waals surface area contributed by atoms with Crippen LogP contribution in [0.1, 0.15) is 51.9 Å². The summed E-state index contributed by atoms with van der Waals surface area (Å²) < 4.78 is 0. The maximum absolute atomic E-state index is 4.83. The van der Waals surface area contributed by atoms with E-state index in [-0.39, 0.29) is 5.54 Å². The minimum Gasteiger partial charge on any atom is -0.294 e. The lowest BCUT2D eigenvalue weighted by molar-refractivity contribution is 0.0463. The third kappa shape index (κ3) is 1.97. The van der Waals surface area contributed by atoms with Crippen molar-refractivity contribution < 1.29 is 0 Å². The van der Waals surface area contributed by atoms with Crippen LogP contribution in [0, 0.1) is 11.8 Å². The molecule has 3 fully saturated rings. The van der Waals surface area contributed by atoms with Gasteiger partial charge < -0.3 is 0 Å². The van der Waals surface area contributed by atoms with Crippen molar-refractivity contribution in [1.29, 1.82) is 0 Å². The molecule has 1 N–H and O–H groups in total. The first kappa shape index (κ1) is 14.0. The molecule has 0 bridgehead atoms. The lowest BCUT2D eigenvalue weighted by Gasteiger charge is -2.54. The van der Waals surface area contributed by atoms with Crippen molar-refractivity contribution in [2.24, 2.45) is 16.8 Å². The minimum absolute atomic E-state index is 0.270. The third-order valence-corrected chi connectivity index (χ3v) is 6.78. The van der Waals surface area contributed by atoms with Crippen LogP contribution in [0.4, 0.5) is 0 Å². The number of nitrogens with one attached hydrogen (secondary N) is 1. The molecule has 4 aliphatic rings. The molecule has 0 aromatic carbocycles. The van der Waals surface area contributed by atoms with Gasteiger partial charge in [0.25, 0.3) is 0 Å². The summed E-state index contributed by atoms with van der Waals surface area (Å²) in [6.07, 6.45) is 16.8. The van der Waals surface area contributed by atoms with Crippen molar-refractivity contribution >= 4 is 6.21 Å². The van der Waals surface area contributed by atoms with Crippen LogP contribution >= 0.6 is 0 Å². The number of fused-ring (bicyclic) bond motifs is 3. The second-order valence-corrected chi connectivity index (χ2v) is 7.62. The molecule has 5 atom stereocenters. The van der Waals surface area contributed by atoms with Crippen molar-refractivity contribution in [2.75, 3.05) is 7.05 Å². The van der Waals surface area contributed by atoms with Crippen molar-refractivity contribution in [3.63, 3.8) is 0 Å². The van der Waals surface area contributed by atoms with Gasteiger partial charge in [0.15, 0.2) is 0 Å². The lowest BCUT2D eigenvalue weighted by atomic mass is 9.58. The molecule has 2 aliphatic carbocycles. The molecular weight excluding hydrogens is 258 g/mol. The molecular formula is C18H29N3. The van der Waals surface area contributed by atoms with Crippen molar-refractivity contribution in [1.82, 2.24) is 10.2 Å². The fourth-order valence-corrected chi connectivity index (χ4v) is 5.78. The molecule has 116 valence electrons. The van der Waals surface area contributed by atoms with Gasteiger partial charge >= 0.3 is 0 Å². The fourth-order valence-electron chi connectivity index (χ4n) is 5.78. The Hall–Kier alpha value is -0.670. The molecule has 2 aliphatic heterocycles. The first-order chi connectivity index (χ1) is 10.2. The average molecular weight is 287 g/mol. The highest BCUT2D eigenvalue weighted by Crippen LogP contribution is 2.51. The summed E-state index contributed by atoms with van der Waals surface area (Å²) in [6.45, 7) is 2.34. The standard InChI is InChI=1S/C18H29N3/c1-13-20-18(14-7-4-3-5-8-14)15-9-6-12-19-16(15)10-11-17(18)21(13)2/h6,9,12-17,20H,3-5,7-8,10-11H2,1-2H3/t13-,15?,16?,17?,18?/m1/s1. The molecule has 2 saturated carbocycles. The van der Waals surface area contributed by atoms with Gasteiger partial charge in [-0.3, -0.25) is 15.2 Å². The Kier molecular flexibility index (Phi) is 3.46. The number of dihydropyridines is 1. The molecule has 0 aromatic heterocycles. The smallest absolute Gasteiger partial charge is 0.0581 e. The maximum Gasteiger partial charge on any atom is 0.0581 e. The van der Waals surface area contributed by atoms with Crippen LogP contribution < -0.4 is 5.32 Å². The van der Waals surface area contributed by atoms with E-state index in [1.807, 2.05) is 6.21 Å². The normalized spacial score (nSPS) is 47.3. The van der Waals surface area contributed by atoms with Crippen LogP contribution in [0.25, 0.3) is 0 Å². The molecule has 0 radical (unpaired) electrons. The van der Waals surface area contributed by atoms with Gasteiger partial charge in [0.2, 0.25) is 0 Å². The molecule has 21 heavy (non-hydrogen) atoms. The van der Waals surface area contributed by atoms with Crippen LogP contribution in [-0.4, -0.2) is 42.0 Å². The van der Waals surface area contributed by atoms with E-state index in [0.29, 0.717) is 24.2 Å². The third-order valence-electron chi connectivity index (χ3n) is 6.78. The van der Waals surface area contributed by atoms with E-state index in [4.69, 9.17) is 4.99 Å². The second kappa shape index (κ2) is 5.20. The Bertz CT molecular complexity index is 451. The van der Waals surface area contributed by atoms with Crippen molar-refractivity contribution in [3.8, 4) is 0 Å². The zero-order valence-corrected chi connectivity index (χ0v) is 13.5. The highest BCUT2D eigenvalue weighted by Gasteiger charge is 2.60. The summed E-state index contributed by atoms with van der Waals surface area (Å²) in [4.78, 5) is 7.44. The van der Waals surface area contributed by atoms with Gasteiger partial charge in [0.05, 0.1) is 12.2 Å². The first-order valence-electron chi connectivity index (χ1n) is 8.93. The van der Waals surface area contributed by atoms with Gasteiger partial charge in [-0.05, 0) is 51.6 Å². The minimum atomic E-state index is 0.270. The highest BCUT2D eigenvalue weighted by molar-refractivity contribution is 5.72. The number of hydrogen-bond donors (Lipinski definition) is 1. The predicted octanol–water partition coefficient (Wildman–Crippen LogP) is 2.97. The lowest BCUT2D eigenvalue weighted by Crippen LogP contribution is -2.65. The predicted molar refractivity (Wildman–Crippen MR) is 87.6 cm³/mol. The molecule has 0 spiro atoms. The van der Waals surface area contributed by atoms with Crippen molar-refractivity contribution in [3.05, 3.63) is 12.2 Å². The largest absolute Gasteiger partial charge is 0.294 e. The summed E-state index contributed by atoms with van der Waals surface area (Å²) in [7, 11) is 2.32. The van der Waals surface area contributed by atoms with Gasteiger partial charge in [0.1, 0.15) is 0 Å². The Balaban J connectivity index is 1.75. The Labute approximate surface area is 128 Å². The van der Waals surface area contributed by atoms with Gasteiger partial charge in [-0.1, -0.05) is 25.3 Å². The highest BCUT2D eigenvalue weighted by atomic mass is 15.4. The van der Waals surface area contributed by atoms with E-state index in [1.54, 1.807) is 0 Å². The molecule has 0 amide bonds. The molecule has 4 unspecified atom stereocenters. The molecule has 2 heterocycles. The first-order valence-corrected chi connectivity index (χ1v) is 8.93. The molecule has 3 heteroatoms. The van der Waals surface area contributed by atoms with Crippen LogP contribution in [0.5, 0.6) is 0 Å². The molecule has 4 rings (SSSR count). The quantitative estimate of drug-likeness (QED) is 0.803. The summed E-state index contributed by atoms with van der Waals surface area (Å²) in [6, 6.07) is 1.20. The van der Waals surface area contributed by atoms with Crippen LogP contribution in [0.3, 0.4) is 0 Å². The Morgan fingerprint density at radius 1 is 1.14 bits per heavy atom. The number of aliphatic imine (C=N–C) groups is 1. The van der Waals surface area contributed by atoms with Gasteiger partial charge in [-0.2, -0.15) is 0 Å². The fraction of sp³-hybridized carbons (Fsp3) is 0.833. The van der Waals surface area contributed by atoms with Crippen LogP contribution in [0.15, 0.2) is 17.1 Å². The molecule has 0 aromatic rings. The SMILES string of the molecule is C[C@@H]1NC2(C3CCCCC3)C3C=CC=NC3CCC2N1C. The van der Waals surface area contributed by atoms with E-state index in [1.165, 1.54) is 44.9 Å². The zero-order valence-electron chi connectivity index (χ0n) is 13.5. The van der Waals surface area contributed by atoms with Crippen LogP contribution in [0.2, 0.25) is 0 Å². The number of rotatable bonds is 1. The summed E-state index contributed by atoms with van der Waals surface area (Å²) in [5.74, 6) is 1.42.